The molecule has 1 aliphatic carbocycles. The van der Waals surface area contributed by atoms with Crippen molar-refractivity contribution in [2.24, 2.45) is 0 Å². The van der Waals surface area contributed by atoms with Crippen LogP contribution in [0.15, 0.2) is 42.5 Å². The number of anilines is 1. The highest BCUT2D eigenvalue weighted by atomic mass is 16.5. The molecule has 2 aliphatic rings. The second kappa shape index (κ2) is 8.11. The number of carbonyl (C=O) groups is 1. The molecule has 5 nitrogen and oxygen atoms in total. The fourth-order valence-electron chi connectivity index (χ4n) is 3.95. The van der Waals surface area contributed by atoms with E-state index < -0.39 is 6.10 Å². The predicted octanol–water partition coefficient (Wildman–Crippen LogP) is 2.46. The van der Waals surface area contributed by atoms with Gasteiger partial charge in [-0.05, 0) is 48.9 Å². The molecule has 3 N–H and O–H groups in total. The van der Waals surface area contributed by atoms with E-state index in [-0.39, 0.29) is 12.5 Å². The lowest BCUT2D eigenvalue weighted by atomic mass is 9.88. The second-order valence-corrected chi connectivity index (χ2v) is 7.41. The summed E-state index contributed by atoms with van der Waals surface area (Å²) in [5.41, 5.74) is 4.68. The number of aryl methyl sites for hydroxylation is 1. The molecule has 2 atom stereocenters. The maximum Gasteiger partial charge on any atom is 0.224 e. The van der Waals surface area contributed by atoms with Gasteiger partial charge in [0.1, 0.15) is 18.5 Å². The SMILES string of the molecule is O=C1CCc2c(cccc2OCC(O)CNC2CCc3ccccc3C2)N1. The number of nitrogens with one attached hydrogen (secondary N) is 2. The van der Waals surface area contributed by atoms with Crippen molar-refractivity contribution in [3.63, 3.8) is 0 Å². The number of benzene rings is 2. The Balaban J connectivity index is 1.27. The molecule has 0 radical (unpaired) electrons. The number of aliphatic hydroxyl groups is 1. The van der Waals surface area contributed by atoms with E-state index in [0.717, 1.165) is 36.3 Å². The molecule has 0 fully saturated rings. The maximum absolute atomic E-state index is 11.5. The van der Waals surface area contributed by atoms with Gasteiger partial charge in [0, 0.05) is 30.3 Å². The number of ether oxygens (including phenoxy) is 1. The standard InChI is InChI=1S/C22H26N2O3/c25-18(13-23-17-9-8-15-4-1-2-5-16(15)12-17)14-27-21-7-3-6-20-19(21)10-11-22(26)24-20/h1-7,17-18,23,25H,8-14H2,(H,24,26). The number of rotatable bonds is 6. The molecule has 1 aliphatic heterocycles. The van der Waals surface area contributed by atoms with Crippen LogP contribution in [0.4, 0.5) is 5.69 Å². The molecule has 2 unspecified atom stereocenters. The van der Waals surface area contributed by atoms with Crippen LogP contribution in [0.25, 0.3) is 0 Å². The van der Waals surface area contributed by atoms with Crippen LogP contribution in [0.3, 0.4) is 0 Å². The third kappa shape index (κ3) is 4.31. The predicted molar refractivity (Wildman–Crippen MR) is 105 cm³/mol. The Morgan fingerprint density at radius 3 is 2.85 bits per heavy atom. The minimum Gasteiger partial charge on any atom is -0.490 e. The van der Waals surface area contributed by atoms with Crippen LogP contribution in [0.5, 0.6) is 5.75 Å². The van der Waals surface area contributed by atoms with Crippen molar-refractivity contribution in [1.29, 1.82) is 0 Å². The molecular formula is C22H26N2O3. The topological polar surface area (TPSA) is 70.6 Å². The van der Waals surface area contributed by atoms with Gasteiger partial charge in [-0.2, -0.15) is 0 Å². The molecule has 1 amide bonds. The van der Waals surface area contributed by atoms with Crippen molar-refractivity contribution in [3.05, 3.63) is 59.2 Å². The van der Waals surface area contributed by atoms with Crippen molar-refractivity contribution in [2.75, 3.05) is 18.5 Å². The van der Waals surface area contributed by atoms with Gasteiger partial charge < -0.3 is 20.5 Å². The van der Waals surface area contributed by atoms with E-state index in [1.807, 2.05) is 18.2 Å². The van der Waals surface area contributed by atoms with Gasteiger partial charge in [-0.3, -0.25) is 4.79 Å². The van der Waals surface area contributed by atoms with E-state index in [1.165, 1.54) is 11.1 Å². The zero-order chi connectivity index (χ0) is 18.6. The van der Waals surface area contributed by atoms with Crippen LogP contribution in [0, 0.1) is 0 Å². The molecule has 4 rings (SSSR count). The van der Waals surface area contributed by atoms with Crippen LogP contribution in [0.1, 0.15) is 29.5 Å². The first kappa shape index (κ1) is 18.0. The fraction of sp³-hybridized carbons (Fsp3) is 0.409. The Morgan fingerprint density at radius 1 is 1.11 bits per heavy atom. The molecule has 5 heteroatoms. The van der Waals surface area contributed by atoms with Gasteiger partial charge in [-0.25, -0.2) is 0 Å². The first-order chi connectivity index (χ1) is 13.2. The third-order valence-electron chi connectivity index (χ3n) is 5.43. The molecule has 2 aromatic carbocycles. The van der Waals surface area contributed by atoms with Gasteiger partial charge in [0.25, 0.3) is 0 Å². The zero-order valence-corrected chi connectivity index (χ0v) is 15.4. The number of hydrogen-bond acceptors (Lipinski definition) is 4. The molecule has 0 spiro atoms. The fourth-order valence-corrected chi connectivity index (χ4v) is 3.95. The number of hydrogen-bond donors (Lipinski definition) is 3. The van der Waals surface area contributed by atoms with E-state index in [0.29, 0.717) is 25.4 Å². The Morgan fingerprint density at radius 2 is 1.96 bits per heavy atom. The lowest BCUT2D eigenvalue weighted by Gasteiger charge is -2.27. The highest BCUT2D eigenvalue weighted by molar-refractivity contribution is 5.94. The van der Waals surface area contributed by atoms with Gasteiger partial charge in [-0.1, -0.05) is 30.3 Å². The summed E-state index contributed by atoms with van der Waals surface area (Å²) in [7, 11) is 0. The summed E-state index contributed by atoms with van der Waals surface area (Å²) in [5.74, 6) is 0.788. The Hall–Kier alpha value is -2.37. The van der Waals surface area contributed by atoms with Crippen molar-refractivity contribution in [1.82, 2.24) is 5.32 Å². The Bertz CT molecular complexity index is 821. The second-order valence-electron chi connectivity index (χ2n) is 7.41. The van der Waals surface area contributed by atoms with Gasteiger partial charge in [-0.15, -0.1) is 0 Å². The first-order valence-electron chi connectivity index (χ1n) is 9.72. The van der Waals surface area contributed by atoms with E-state index in [4.69, 9.17) is 4.74 Å². The summed E-state index contributed by atoms with van der Waals surface area (Å²) in [6, 6.07) is 14.6. The highest BCUT2D eigenvalue weighted by Crippen LogP contribution is 2.31. The first-order valence-corrected chi connectivity index (χ1v) is 9.72. The van der Waals surface area contributed by atoms with Gasteiger partial charge in [0.15, 0.2) is 0 Å². The highest BCUT2D eigenvalue weighted by Gasteiger charge is 2.20. The van der Waals surface area contributed by atoms with Crippen LogP contribution >= 0.6 is 0 Å². The van der Waals surface area contributed by atoms with Gasteiger partial charge >= 0.3 is 0 Å². The van der Waals surface area contributed by atoms with E-state index >= 15 is 0 Å². The zero-order valence-electron chi connectivity index (χ0n) is 15.4. The molecule has 142 valence electrons. The molecule has 0 saturated carbocycles. The smallest absolute Gasteiger partial charge is 0.224 e. The van der Waals surface area contributed by atoms with E-state index in [2.05, 4.69) is 34.9 Å². The summed E-state index contributed by atoms with van der Waals surface area (Å²) in [6.07, 6.45) is 3.76. The summed E-state index contributed by atoms with van der Waals surface area (Å²) < 4.78 is 5.86. The minimum atomic E-state index is -0.573. The van der Waals surface area contributed by atoms with Crippen LogP contribution in [0.2, 0.25) is 0 Å². The van der Waals surface area contributed by atoms with Crippen molar-refractivity contribution in [3.8, 4) is 5.75 Å². The molecular weight excluding hydrogens is 340 g/mol. The average molecular weight is 366 g/mol. The molecule has 0 aromatic heterocycles. The Labute approximate surface area is 159 Å². The Kier molecular flexibility index (Phi) is 5.41. The van der Waals surface area contributed by atoms with E-state index in [1.54, 1.807) is 0 Å². The lowest BCUT2D eigenvalue weighted by Crippen LogP contribution is -2.40. The lowest BCUT2D eigenvalue weighted by molar-refractivity contribution is -0.116. The summed E-state index contributed by atoms with van der Waals surface area (Å²) in [5, 5.41) is 16.7. The maximum atomic E-state index is 11.5. The summed E-state index contributed by atoms with van der Waals surface area (Å²) >= 11 is 0. The van der Waals surface area contributed by atoms with Gasteiger partial charge in [0.2, 0.25) is 5.91 Å². The number of amides is 1. The molecule has 1 heterocycles. The van der Waals surface area contributed by atoms with Crippen molar-refractivity contribution in [2.45, 2.75) is 44.2 Å². The monoisotopic (exact) mass is 366 g/mol. The summed E-state index contributed by atoms with van der Waals surface area (Å²) in [6.45, 7) is 0.749. The quantitative estimate of drug-likeness (QED) is 0.734. The van der Waals surface area contributed by atoms with Crippen LogP contribution in [-0.2, 0) is 24.1 Å². The number of carbonyl (C=O) groups excluding carboxylic acids is 1. The van der Waals surface area contributed by atoms with Crippen molar-refractivity contribution >= 4 is 11.6 Å². The summed E-state index contributed by atoms with van der Waals surface area (Å²) in [4.78, 5) is 11.5. The van der Waals surface area contributed by atoms with Crippen LogP contribution in [-0.4, -0.2) is 36.3 Å². The normalized spacial score (nSPS) is 19.6. The molecule has 0 saturated heterocycles. The van der Waals surface area contributed by atoms with Gasteiger partial charge in [0.05, 0.1) is 0 Å². The molecule has 27 heavy (non-hydrogen) atoms. The molecule has 2 aromatic rings. The average Bonchev–Trinajstić information content (AvgIpc) is 2.70. The van der Waals surface area contributed by atoms with E-state index in [9.17, 15) is 9.90 Å². The third-order valence-corrected chi connectivity index (χ3v) is 5.43. The number of fused-ring (bicyclic) bond motifs is 2. The van der Waals surface area contributed by atoms with Crippen LogP contribution < -0.4 is 15.4 Å². The number of aliphatic hydroxyl groups excluding tert-OH is 1. The molecule has 0 bridgehead atoms. The van der Waals surface area contributed by atoms with Crippen molar-refractivity contribution < 1.29 is 14.6 Å². The minimum absolute atomic E-state index is 0.0398. The largest absolute Gasteiger partial charge is 0.490 e.